The number of nitrogens with two attached hydrogens (primary N) is 1. The molecular weight excluding hydrogens is 241 g/mol. The van der Waals surface area contributed by atoms with E-state index in [-0.39, 0.29) is 0 Å². The molecule has 0 saturated heterocycles. The number of aromatic nitrogens is 1. The summed E-state index contributed by atoms with van der Waals surface area (Å²) in [6.07, 6.45) is -5.13. The Labute approximate surface area is 94.5 Å². The largest absolute Gasteiger partial charge is 0.413 e. The second-order valence-corrected chi connectivity index (χ2v) is 4.72. The summed E-state index contributed by atoms with van der Waals surface area (Å²) in [5, 5.41) is 2.26. The number of aryl methyl sites for hydroxylation is 1. The molecule has 3 nitrogen and oxygen atoms in total. The summed E-state index contributed by atoms with van der Waals surface area (Å²) in [5.41, 5.74) is 2.51. The van der Waals surface area contributed by atoms with Crippen LogP contribution in [0.15, 0.2) is 5.38 Å². The molecule has 0 aliphatic rings. The fourth-order valence-corrected chi connectivity index (χ4v) is 1.61. The van der Waals surface area contributed by atoms with Gasteiger partial charge in [-0.1, -0.05) is 0 Å². The van der Waals surface area contributed by atoms with Crippen LogP contribution in [0.1, 0.15) is 17.6 Å². The fourth-order valence-electron chi connectivity index (χ4n) is 0.996. The summed E-state index contributed by atoms with van der Waals surface area (Å²) >= 11 is 1.28. The second kappa shape index (κ2) is 4.14. The average Bonchev–Trinajstić information content (AvgIpc) is 2.49. The normalized spacial score (nSPS) is 15.9. The first kappa shape index (κ1) is 13.1. The van der Waals surface area contributed by atoms with Crippen molar-refractivity contribution in [2.75, 3.05) is 0 Å². The van der Waals surface area contributed by atoms with Gasteiger partial charge in [0.05, 0.1) is 17.1 Å². The zero-order chi connectivity index (χ0) is 12.6. The molecule has 1 aromatic rings. The van der Waals surface area contributed by atoms with Crippen molar-refractivity contribution in [2.24, 2.45) is 5.73 Å². The molecule has 0 radical (unpaired) electrons. The third kappa shape index (κ3) is 2.59. The molecular formula is C9H11F3N2OS. The third-order valence-electron chi connectivity index (χ3n) is 2.18. The van der Waals surface area contributed by atoms with Gasteiger partial charge in [-0.15, -0.1) is 11.3 Å². The van der Waals surface area contributed by atoms with Crippen LogP contribution in [0.2, 0.25) is 0 Å². The Morgan fingerprint density at radius 2 is 2.12 bits per heavy atom. The Morgan fingerprint density at radius 1 is 1.56 bits per heavy atom. The van der Waals surface area contributed by atoms with E-state index in [1.807, 2.05) is 0 Å². The number of carbonyl (C=O) groups excluding carboxylic acids is 1. The maximum Gasteiger partial charge on any atom is 0.413 e. The first-order valence-electron chi connectivity index (χ1n) is 4.44. The Kier molecular flexibility index (Phi) is 3.39. The van der Waals surface area contributed by atoms with E-state index in [1.165, 1.54) is 11.3 Å². The van der Waals surface area contributed by atoms with E-state index >= 15 is 0 Å². The van der Waals surface area contributed by atoms with Crippen molar-refractivity contribution >= 4 is 17.1 Å². The van der Waals surface area contributed by atoms with Gasteiger partial charge in [0.1, 0.15) is 0 Å². The number of thiazole rings is 1. The molecule has 0 aliphatic heterocycles. The lowest BCUT2D eigenvalue weighted by Gasteiger charge is -2.25. The molecule has 0 amide bonds. The van der Waals surface area contributed by atoms with Crippen molar-refractivity contribution < 1.29 is 18.0 Å². The Morgan fingerprint density at radius 3 is 2.50 bits per heavy atom. The number of ketones is 1. The van der Waals surface area contributed by atoms with Crippen LogP contribution in [0.25, 0.3) is 0 Å². The number of hydrogen-bond acceptors (Lipinski definition) is 4. The summed E-state index contributed by atoms with van der Waals surface area (Å²) in [7, 11) is 0. The smallest absolute Gasteiger partial charge is 0.312 e. The predicted molar refractivity (Wildman–Crippen MR) is 54.2 cm³/mol. The molecule has 90 valence electrons. The topological polar surface area (TPSA) is 56.0 Å². The second-order valence-electron chi connectivity index (χ2n) is 3.66. The van der Waals surface area contributed by atoms with E-state index in [2.05, 4.69) is 4.98 Å². The molecule has 0 spiro atoms. The summed E-state index contributed by atoms with van der Waals surface area (Å²) in [6.45, 7) is 2.39. The molecule has 1 heterocycles. The molecule has 0 bridgehead atoms. The number of rotatable bonds is 3. The maximum absolute atomic E-state index is 12.4. The summed E-state index contributed by atoms with van der Waals surface area (Å²) in [6, 6.07) is 0. The van der Waals surface area contributed by atoms with E-state index in [1.54, 1.807) is 12.3 Å². The van der Waals surface area contributed by atoms with E-state index < -0.39 is 23.9 Å². The first-order valence-corrected chi connectivity index (χ1v) is 5.32. The van der Waals surface area contributed by atoms with Crippen LogP contribution in [-0.4, -0.2) is 22.5 Å². The minimum atomic E-state index is -4.74. The van der Waals surface area contributed by atoms with Crippen LogP contribution in [0.3, 0.4) is 0 Å². The van der Waals surface area contributed by atoms with Crippen molar-refractivity contribution in [3.05, 3.63) is 16.1 Å². The lowest BCUT2D eigenvalue weighted by atomic mass is 9.94. The Bertz CT molecular complexity index is 398. The number of alkyl halides is 3. The summed E-state index contributed by atoms with van der Waals surface area (Å²) in [4.78, 5) is 15.3. The van der Waals surface area contributed by atoms with E-state index in [4.69, 9.17) is 5.73 Å². The third-order valence-corrected chi connectivity index (χ3v) is 3.00. The lowest BCUT2D eigenvalue weighted by molar-refractivity contribution is -0.185. The molecule has 1 aromatic heterocycles. The summed E-state index contributed by atoms with van der Waals surface area (Å²) in [5.74, 6) is -1.08. The number of halogens is 3. The molecule has 1 rings (SSSR count). The van der Waals surface area contributed by atoms with Crippen molar-refractivity contribution in [1.82, 2.24) is 4.98 Å². The highest BCUT2D eigenvalue weighted by atomic mass is 32.1. The molecule has 0 aliphatic carbocycles. The molecule has 0 saturated carbocycles. The van der Waals surface area contributed by atoms with E-state index in [0.29, 0.717) is 17.6 Å². The predicted octanol–water partition coefficient (Wildman–Crippen LogP) is 1.84. The zero-order valence-electron chi connectivity index (χ0n) is 8.76. The van der Waals surface area contributed by atoms with Crippen LogP contribution in [0.4, 0.5) is 13.2 Å². The van der Waals surface area contributed by atoms with Crippen molar-refractivity contribution in [3.63, 3.8) is 0 Å². The van der Waals surface area contributed by atoms with Crippen LogP contribution in [-0.2, 0) is 11.2 Å². The summed E-state index contributed by atoms with van der Waals surface area (Å²) < 4.78 is 37.3. The number of carbonyl (C=O) groups is 1. The van der Waals surface area contributed by atoms with Gasteiger partial charge < -0.3 is 5.73 Å². The van der Waals surface area contributed by atoms with Crippen LogP contribution in [0, 0.1) is 6.92 Å². The fraction of sp³-hybridized carbons (Fsp3) is 0.556. The molecule has 0 fully saturated rings. The van der Waals surface area contributed by atoms with Gasteiger partial charge in [0.15, 0.2) is 11.3 Å². The average molecular weight is 252 g/mol. The number of hydrogen-bond donors (Lipinski definition) is 1. The Balaban J connectivity index is 2.80. The van der Waals surface area contributed by atoms with Gasteiger partial charge in [-0.2, -0.15) is 13.2 Å². The first-order chi connectivity index (χ1) is 7.14. The molecule has 2 N–H and O–H groups in total. The molecule has 16 heavy (non-hydrogen) atoms. The lowest BCUT2D eigenvalue weighted by Crippen LogP contribution is -2.57. The quantitative estimate of drug-likeness (QED) is 0.893. The van der Waals surface area contributed by atoms with Gasteiger partial charge in [0, 0.05) is 5.38 Å². The minimum absolute atomic E-state index is 0.327. The van der Waals surface area contributed by atoms with Gasteiger partial charge in [-0.3, -0.25) is 4.79 Å². The van der Waals surface area contributed by atoms with Crippen molar-refractivity contribution in [1.29, 1.82) is 0 Å². The number of Topliss-reactive ketones (excluding diaryl/α,β-unsaturated/α-hetero) is 1. The van der Waals surface area contributed by atoms with Gasteiger partial charge in [-0.25, -0.2) is 4.98 Å². The van der Waals surface area contributed by atoms with Crippen molar-refractivity contribution in [3.8, 4) is 0 Å². The monoisotopic (exact) mass is 252 g/mol. The van der Waals surface area contributed by atoms with Gasteiger partial charge in [0.2, 0.25) is 0 Å². The van der Waals surface area contributed by atoms with Crippen LogP contribution in [0.5, 0.6) is 0 Å². The molecule has 0 aromatic carbocycles. The van der Waals surface area contributed by atoms with Crippen LogP contribution >= 0.6 is 11.3 Å². The molecule has 1 atom stereocenters. The number of nitrogens with zero attached hydrogens (tertiary/aromatic N) is 1. The maximum atomic E-state index is 12.4. The highest BCUT2D eigenvalue weighted by molar-refractivity contribution is 7.09. The molecule has 7 heteroatoms. The van der Waals surface area contributed by atoms with E-state index in [9.17, 15) is 18.0 Å². The van der Waals surface area contributed by atoms with Crippen LogP contribution < -0.4 is 5.73 Å². The van der Waals surface area contributed by atoms with Gasteiger partial charge >= 0.3 is 6.18 Å². The highest BCUT2D eigenvalue weighted by Crippen LogP contribution is 2.29. The van der Waals surface area contributed by atoms with Crippen molar-refractivity contribution in [2.45, 2.75) is 32.0 Å². The van der Waals surface area contributed by atoms with Gasteiger partial charge in [-0.05, 0) is 13.8 Å². The minimum Gasteiger partial charge on any atom is -0.312 e. The molecule has 1 unspecified atom stereocenters. The standard InChI is InChI=1S/C9H11F3N2OS/c1-5-14-6(4-16-5)3-7(15)8(2,13)9(10,11)12/h4H,3,13H2,1-2H3. The highest BCUT2D eigenvalue weighted by Gasteiger charge is 2.53. The Hall–Kier alpha value is -0.950. The van der Waals surface area contributed by atoms with E-state index in [0.717, 1.165) is 0 Å². The SMILES string of the molecule is Cc1nc(CC(=O)C(C)(N)C(F)(F)F)cs1. The van der Waals surface area contributed by atoms with Gasteiger partial charge in [0.25, 0.3) is 0 Å². The zero-order valence-corrected chi connectivity index (χ0v) is 9.58.